The molecule has 0 saturated heterocycles. The van der Waals surface area contributed by atoms with Crippen LogP contribution in [0.2, 0.25) is 0 Å². The number of carbonyl (C=O) groups excluding carboxylic acids is 1. The highest BCUT2D eigenvalue weighted by molar-refractivity contribution is 5.78. The molecule has 0 radical (unpaired) electrons. The Morgan fingerprint density at radius 1 is 1.56 bits per heavy atom. The van der Waals surface area contributed by atoms with E-state index in [9.17, 15) is 4.79 Å². The Morgan fingerprint density at radius 2 is 2.25 bits per heavy atom. The lowest BCUT2D eigenvalue weighted by Gasteiger charge is -2.11. The monoisotopic (exact) mass is 224 g/mol. The molecule has 0 saturated carbocycles. The summed E-state index contributed by atoms with van der Waals surface area (Å²) in [6.07, 6.45) is 3.57. The Bertz CT molecular complexity index is 356. The van der Waals surface area contributed by atoms with Gasteiger partial charge in [-0.2, -0.15) is 5.10 Å². The fourth-order valence-corrected chi connectivity index (χ4v) is 1.66. The lowest BCUT2D eigenvalue weighted by Crippen LogP contribution is -2.10. The van der Waals surface area contributed by atoms with Gasteiger partial charge in [-0.25, -0.2) is 0 Å². The quantitative estimate of drug-likeness (QED) is 0.745. The SMILES string of the molecule is CCC(=O)CCc1c(OC)cnn1C(C)C. The number of hydrogen-bond acceptors (Lipinski definition) is 3. The second kappa shape index (κ2) is 5.68. The number of ether oxygens (including phenoxy) is 1. The number of hydrogen-bond donors (Lipinski definition) is 0. The molecule has 16 heavy (non-hydrogen) atoms. The topological polar surface area (TPSA) is 44.1 Å². The van der Waals surface area contributed by atoms with Gasteiger partial charge in [-0.05, 0) is 20.3 Å². The Labute approximate surface area is 96.6 Å². The predicted octanol–water partition coefficient (Wildman–Crippen LogP) is 2.38. The van der Waals surface area contributed by atoms with E-state index in [1.165, 1.54) is 0 Å². The van der Waals surface area contributed by atoms with Crippen molar-refractivity contribution in [3.05, 3.63) is 11.9 Å². The van der Waals surface area contributed by atoms with E-state index >= 15 is 0 Å². The third-order valence-corrected chi connectivity index (χ3v) is 2.60. The summed E-state index contributed by atoms with van der Waals surface area (Å²) in [5, 5.41) is 4.27. The van der Waals surface area contributed by atoms with Gasteiger partial charge in [0.25, 0.3) is 0 Å². The highest BCUT2D eigenvalue weighted by Gasteiger charge is 2.14. The van der Waals surface area contributed by atoms with Crippen LogP contribution in [0.3, 0.4) is 0 Å². The number of Topliss-reactive ketones (excluding diaryl/α,β-unsaturated/α-hetero) is 1. The number of aromatic nitrogens is 2. The number of methoxy groups -OCH3 is 1. The van der Waals surface area contributed by atoms with E-state index in [0.29, 0.717) is 19.3 Å². The zero-order valence-corrected chi connectivity index (χ0v) is 10.5. The summed E-state index contributed by atoms with van der Waals surface area (Å²) in [5.74, 6) is 1.05. The van der Waals surface area contributed by atoms with Crippen LogP contribution in [0.1, 0.15) is 45.3 Å². The summed E-state index contributed by atoms with van der Waals surface area (Å²) >= 11 is 0. The molecule has 0 spiro atoms. The van der Waals surface area contributed by atoms with Crippen LogP contribution < -0.4 is 4.74 Å². The van der Waals surface area contributed by atoms with Crippen LogP contribution in [0, 0.1) is 0 Å². The smallest absolute Gasteiger partial charge is 0.159 e. The summed E-state index contributed by atoms with van der Waals surface area (Å²) in [7, 11) is 1.63. The number of rotatable bonds is 6. The van der Waals surface area contributed by atoms with Crippen LogP contribution in [-0.4, -0.2) is 22.7 Å². The molecule has 0 atom stereocenters. The van der Waals surface area contributed by atoms with Crippen molar-refractivity contribution in [2.45, 2.75) is 46.1 Å². The van der Waals surface area contributed by atoms with Gasteiger partial charge >= 0.3 is 0 Å². The summed E-state index contributed by atoms with van der Waals surface area (Å²) < 4.78 is 7.17. The third-order valence-electron chi connectivity index (χ3n) is 2.60. The second-order valence-corrected chi connectivity index (χ2v) is 4.09. The average molecular weight is 224 g/mol. The molecule has 1 heterocycles. The third kappa shape index (κ3) is 2.84. The summed E-state index contributed by atoms with van der Waals surface area (Å²) in [6.45, 7) is 6.02. The van der Waals surface area contributed by atoms with Crippen molar-refractivity contribution in [1.82, 2.24) is 9.78 Å². The van der Waals surface area contributed by atoms with E-state index in [1.807, 2.05) is 11.6 Å². The minimum atomic E-state index is 0.276. The summed E-state index contributed by atoms with van der Waals surface area (Å²) in [4.78, 5) is 11.3. The fourth-order valence-electron chi connectivity index (χ4n) is 1.66. The first-order chi connectivity index (χ1) is 7.60. The van der Waals surface area contributed by atoms with Gasteiger partial charge in [0, 0.05) is 18.9 Å². The zero-order chi connectivity index (χ0) is 12.1. The van der Waals surface area contributed by atoms with Crippen molar-refractivity contribution in [2.24, 2.45) is 0 Å². The molecule has 90 valence electrons. The normalized spacial score (nSPS) is 10.8. The molecule has 0 aliphatic heterocycles. The molecule has 1 aromatic rings. The van der Waals surface area contributed by atoms with E-state index in [2.05, 4.69) is 18.9 Å². The maximum Gasteiger partial charge on any atom is 0.159 e. The van der Waals surface area contributed by atoms with Gasteiger partial charge in [-0.1, -0.05) is 6.92 Å². The van der Waals surface area contributed by atoms with Gasteiger partial charge in [0.15, 0.2) is 5.75 Å². The van der Waals surface area contributed by atoms with Gasteiger partial charge in [0.05, 0.1) is 19.0 Å². The minimum Gasteiger partial charge on any atom is -0.493 e. The fraction of sp³-hybridized carbons (Fsp3) is 0.667. The second-order valence-electron chi connectivity index (χ2n) is 4.09. The molecular formula is C12H20N2O2. The first kappa shape index (κ1) is 12.7. The zero-order valence-electron chi connectivity index (χ0n) is 10.5. The standard InChI is InChI=1S/C12H20N2O2/c1-5-10(15)6-7-11-12(16-4)8-13-14(11)9(2)3/h8-9H,5-7H2,1-4H3. The molecular weight excluding hydrogens is 204 g/mol. The molecule has 4 nitrogen and oxygen atoms in total. The molecule has 0 bridgehead atoms. The highest BCUT2D eigenvalue weighted by Crippen LogP contribution is 2.22. The molecule has 1 rings (SSSR count). The Hall–Kier alpha value is -1.32. The van der Waals surface area contributed by atoms with Gasteiger partial charge < -0.3 is 4.74 Å². The number of nitrogens with zero attached hydrogens (tertiary/aromatic N) is 2. The molecule has 4 heteroatoms. The van der Waals surface area contributed by atoms with Crippen LogP contribution in [0.15, 0.2) is 6.20 Å². The van der Waals surface area contributed by atoms with E-state index in [-0.39, 0.29) is 11.8 Å². The molecule has 0 N–H and O–H groups in total. The van der Waals surface area contributed by atoms with Crippen molar-refractivity contribution >= 4 is 5.78 Å². The van der Waals surface area contributed by atoms with Crippen LogP contribution in [0.5, 0.6) is 5.75 Å². The lowest BCUT2D eigenvalue weighted by atomic mass is 10.1. The Balaban J connectivity index is 2.82. The molecule has 0 fully saturated rings. The molecule has 0 unspecified atom stereocenters. The van der Waals surface area contributed by atoms with Crippen LogP contribution in [0.4, 0.5) is 0 Å². The molecule has 0 aliphatic rings. The van der Waals surface area contributed by atoms with Gasteiger partial charge in [0.1, 0.15) is 5.78 Å². The van der Waals surface area contributed by atoms with E-state index in [0.717, 1.165) is 11.4 Å². The van der Waals surface area contributed by atoms with Gasteiger partial charge in [-0.3, -0.25) is 9.48 Å². The molecule has 0 aromatic carbocycles. The lowest BCUT2D eigenvalue weighted by molar-refractivity contribution is -0.118. The first-order valence-corrected chi connectivity index (χ1v) is 5.72. The molecule has 1 aromatic heterocycles. The largest absolute Gasteiger partial charge is 0.493 e. The summed E-state index contributed by atoms with van der Waals surface area (Å²) in [5.41, 5.74) is 1.01. The molecule has 0 amide bonds. The van der Waals surface area contributed by atoms with Crippen LogP contribution >= 0.6 is 0 Å². The van der Waals surface area contributed by atoms with Crippen LogP contribution in [-0.2, 0) is 11.2 Å². The minimum absolute atomic E-state index is 0.276. The van der Waals surface area contributed by atoms with Gasteiger partial charge in [-0.15, -0.1) is 0 Å². The first-order valence-electron chi connectivity index (χ1n) is 5.72. The van der Waals surface area contributed by atoms with Gasteiger partial charge in [0.2, 0.25) is 0 Å². The van der Waals surface area contributed by atoms with E-state index < -0.39 is 0 Å². The van der Waals surface area contributed by atoms with E-state index in [4.69, 9.17) is 4.74 Å². The predicted molar refractivity (Wildman–Crippen MR) is 62.8 cm³/mol. The van der Waals surface area contributed by atoms with Crippen molar-refractivity contribution < 1.29 is 9.53 Å². The molecule has 0 aliphatic carbocycles. The van der Waals surface area contributed by atoms with Crippen molar-refractivity contribution in [2.75, 3.05) is 7.11 Å². The van der Waals surface area contributed by atoms with Crippen molar-refractivity contribution in [3.8, 4) is 5.75 Å². The number of carbonyl (C=O) groups is 1. The van der Waals surface area contributed by atoms with Crippen molar-refractivity contribution in [1.29, 1.82) is 0 Å². The Morgan fingerprint density at radius 3 is 2.75 bits per heavy atom. The van der Waals surface area contributed by atoms with Crippen LogP contribution in [0.25, 0.3) is 0 Å². The maximum absolute atomic E-state index is 11.3. The average Bonchev–Trinajstić information content (AvgIpc) is 2.68. The number of ketones is 1. The highest BCUT2D eigenvalue weighted by atomic mass is 16.5. The van der Waals surface area contributed by atoms with E-state index in [1.54, 1.807) is 13.3 Å². The maximum atomic E-state index is 11.3. The summed E-state index contributed by atoms with van der Waals surface area (Å²) in [6, 6.07) is 0.288. The van der Waals surface area contributed by atoms with Crippen molar-refractivity contribution in [3.63, 3.8) is 0 Å². The Kier molecular flexibility index (Phi) is 4.52.